The summed E-state index contributed by atoms with van der Waals surface area (Å²) >= 11 is 0. The van der Waals surface area contributed by atoms with Gasteiger partial charge in [0.25, 0.3) is 0 Å². The topological polar surface area (TPSA) is 44.8 Å². The van der Waals surface area contributed by atoms with Crippen molar-refractivity contribution in [3.05, 3.63) is 11.1 Å². The maximum atomic E-state index is 12.8. The molecule has 2 fully saturated rings. The smallest absolute Gasteiger partial charge is 0.192 e. The number of hydrogen-bond acceptors (Lipinski definition) is 4. The van der Waals surface area contributed by atoms with E-state index in [4.69, 9.17) is 13.9 Å². The summed E-state index contributed by atoms with van der Waals surface area (Å²) in [6.45, 7) is 17.2. The monoisotopic (exact) mass is 394 g/mol. The number of carbonyl (C=O) groups excluding carboxylic acids is 1. The van der Waals surface area contributed by atoms with Crippen molar-refractivity contribution in [3.63, 3.8) is 0 Å². The molecule has 1 saturated carbocycles. The molecule has 1 aliphatic heterocycles. The lowest BCUT2D eigenvalue weighted by molar-refractivity contribution is -0.146. The van der Waals surface area contributed by atoms with Crippen LogP contribution in [0.15, 0.2) is 11.1 Å². The quantitative estimate of drug-likeness (QED) is 0.587. The van der Waals surface area contributed by atoms with Gasteiger partial charge in [-0.25, -0.2) is 0 Å². The van der Waals surface area contributed by atoms with E-state index in [1.165, 1.54) is 5.57 Å². The van der Waals surface area contributed by atoms with Crippen LogP contribution in [0.4, 0.5) is 0 Å². The summed E-state index contributed by atoms with van der Waals surface area (Å²) in [5.74, 6) is -0.200. The number of rotatable bonds is 5. The Balaban J connectivity index is 1.81. The molecule has 0 aromatic heterocycles. The van der Waals surface area contributed by atoms with Gasteiger partial charge in [0.05, 0.1) is 19.3 Å². The average molecular weight is 395 g/mol. The third-order valence-electron chi connectivity index (χ3n) is 7.60. The van der Waals surface area contributed by atoms with Crippen molar-refractivity contribution in [2.24, 2.45) is 5.41 Å². The number of hydrogen-bond donors (Lipinski definition) is 0. The molecule has 0 bridgehead atoms. The molecule has 2 atom stereocenters. The van der Waals surface area contributed by atoms with Gasteiger partial charge < -0.3 is 13.9 Å². The van der Waals surface area contributed by atoms with Gasteiger partial charge in [-0.05, 0) is 56.3 Å². The van der Waals surface area contributed by atoms with E-state index in [-0.39, 0.29) is 16.6 Å². The fourth-order valence-corrected chi connectivity index (χ4v) is 6.08. The molecule has 0 amide bonds. The first-order valence-electron chi connectivity index (χ1n) is 10.6. The molecule has 1 heterocycles. The molecule has 5 heteroatoms. The van der Waals surface area contributed by atoms with E-state index in [2.05, 4.69) is 40.8 Å². The molecule has 0 N–H and O–H groups in total. The van der Waals surface area contributed by atoms with E-state index in [1.54, 1.807) is 0 Å². The summed E-state index contributed by atoms with van der Waals surface area (Å²) < 4.78 is 18.4. The molecule has 4 nitrogen and oxygen atoms in total. The van der Waals surface area contributed by atoms with Crippen LogP contribution in [0.1, 0.15) is 73.1 Å². The molecule has 1 unspecified atom stereocenters. The van der Waals surface area contributed by atoms with Crippen LogP contribution in [0.5, 0.6) is 0 Å². The lowest BCUT2D eigenvalue weighted by atomic mass is 9.70. The van der Waals surface area contributed by atoms with E-state index in [9.17, 15) is 4.79 Å². The lowest BCUT2D eigenvalue weighted by Crippen LogP contribution is -2.47. The Morgan fingerprint density at radius 1 is 1.15 bits per heavy atom. The van der Waals surface area contributed by atoms with Crippen molar-refractivity contribution in [3.8, 4) is 0 Å². The summed E-state index contributed by atoms with van der Waals surface area (Å²) in [6.07, 6.45) is 5.36. The predicted molar refractivity (Wildman–Crippen MR) is 110 cm³/mol. The van der Waals surface area contributed by atoms with E-state index in [0.717, 1.165) is 37.7 Å². The standard InChI is InChI=1S/C22H38O4Si/c1-20(2,3)27(6,7)26-19-9-8-17-16(18(23)11-12-21(17,19)4)10-13-22(5)24-14-15-25-22/h19H,8-15H2,1-7H3/t19-,21?/m0/s1. The zero-order valence-electron chi connectivity index (χ0n) is 18.4. The van der Waals surface area contributed by atoms with Gasteiger partial charge in [-0.2, -0.15) is 0 Å². The normalized spacial score (nSPS) is 31.5. The maximum absolute atomic E-state index is 12.8. The minimum absolute atomic E-state index is 0.0110. The molecular weight excluding hydrogens is 356 g/mol. The maximum Gasteiger partial charge on any atom is 0.192 e. The number of fused-ring (bicyclic) bond motifs is 1. The molecule has 3 aliphatic rings. The van der Waals surface area contributed by atoms with Crippen LogP contribution in [-0.2, 0) is 18.7 Å². The SMILES string of the molecule is CC1(CCC2=C3CC[C@H](O[Si](C)(C)C(C)(C)C)C3(C)CCC2=O)OCCO1. The molecule has 1 saturated heterocycles. The summed E-state index contributed by atoms with van der Waals surface area (Å²) in [4.78, 5) is 12.8. The zero-order valence-corrected chi connectivity index (χ0v) is 19.4. The molecule has 3 rings (SSSR count). The Kier molecular flexibility index (Phi) is 5.57. The third kappa shape index (κ3) is 3.98. The average Bonchev–Trinajstić information content (AvgIpc) is 3.11. The van der Waals surface area contributed by atoms with Crippen molar-refractivity contribution in [2.75, 3.05) is 13.2 Å². The highest BCUT2D eigenvalue weighted by molar-refractivity contribution is 6.74. The molecule has 154 valence electrons. The molecule has 0 spiro atoms. The van der Waals surface area contributed by atoms with Gasteiger partial charge in [-0.15, -0.1) is 0 Å². The van der Waals surface area contributed by atoms with Crippen LogP contribution in [0.25, 0.3) is 0 Å². The molecule has 0 aromatic rings. The first kappa shape index (κ1) is 21.2. The van der Waals surface area contributed by atoms with Gasteiger partial charge in [-0.1, -0.05) is 33.3 Å². The Labute approximate surface area is 166 Å². The molecule has 0 radical (unpaired) electrons. The van der Waals surface area contributed by atoms with Gasteiger partial charge in [-0.3, -0.25) is 4.79 Å². The second-order valence-electron chi connectivity index (χ2n) is 10.5. The Bertz CT molecular complexity index is 625. The van der Waals surface area contributed by atoms with Crippen molar-refractivity contribution in [1.82, 2.24) is 0 Å². The van der Waals surface area contributed by atoms with Gasteiger partial charge in [0.15, 0.2) is 19.9 Å². The summed E-state index contributed by atoms with van der Waals surface area (Å²) in [5, 5.41) is 0.203. The Hall–Kier alpha value is -0.493. The fourth-order valence-electron chi connectivity index (χ4n) is 4.64. The number of Topliss-reactive ketones (excluding diaryl/α,β-unsaturated/α-hetero) is 1. The molecule has 27 heavy (non-hydrogen) atoms. The summed E-state index contributed by atoms with van der Waals surface area (Å²) in [7, 11) is -1.83. The van der Waals surface area contributed by atoms with Crippen LogP contribution < -0.4 is 0 Å². The molecular formula is C22H38O4Si. The fraction of sp³-hybridized carbons (Fsp3) is 0.864. The van der Waals surface area contributed by atoms with Crippen LogP contribution in [0, 0.1) is 5.41 Å². The third-order valence-corrected chi connectivity index (χ3v) is 12.1. The highest BCUT2D eigenvalue weighted by Gasteiger charge is 2.51. The zero-order chi connectivity index (χ0) is 20.1. The summed E-state index contributed by atoms with van der Waals surface area (Å²) in [5.41, 5.74) is 2.42. The van der Waals surface area contributed by atoms with Crippen molar-refractivity contribution in [1.29, 1.82) is 0 Å². The van der Waals surface area contributed by atoms with E-state index in [1.807, 2.05) is 6.92 Å². The van der Waals surface area contributed by atoms with Crippen LogP contribution in [0.3, 0.4) is 0 Å². The Morgan fingerprint density at radius 3 is 2.37 bits per heavy atom. The van der Waals surface area contributed by atoms with Crippen molar-refractivity contribution in [2.45, 2.75) is 103 Å². The van der Waals surface area contributed by atoms with E-state index >= 15 is 0 Å². The van der Waals surface area contributed by atoms with Gasteiger partial charge in [0, 0.05) is 18.3 Å². The second kappa shape index (κ2) is 7.08. The first-order chi connectivity index (χ1) is 12.4. The molecule has 0 aromatic carbocycles. The number of ketones is 1. The number of ether oxygens (including phenoxy) is 2. The minimum atomic E-state index is -1.83. The summed E-state index contributed by atoms with van der Waals surface area (Å²) in [6, 6.07) is 0. The van der Waals surface area contributed by atoms with Crippen LogP contribution in [-0.4, -0.2) is 39.2 Å². The minimum Gasteiger partial charge on any atom is -0.413 e. The van der Waals surface area contributed by atoms with Crippen molar-refractivity contribution < 1.29 is 18.7 Å². The van der Waals surface area contributed by atoms with Crippen LogP contribution >= 0.6 is 0 Å². The second-order valence-corrected chi connectivity index (χ2v) is 15.3. The number of carbonyl (C=O) groups is 1. The lowest BCUT2D eigenvalue weighted by Gasteiger charge is -2.44. The van der Waals surface area contributed by atoms with Crippen molar-refractivity contribution >= 4 is 14.1 Å². The molecule has 2 aliphatic carbocycles. The highest BCUT2D eigenvalue weighted by atomic mass is 28.4. The highest BCUT2D eigenvalue weighted by Crippen LogP contribution is 2.54. The van der Waals surface area contributed by atoms with Gasteiger partial charge in [0.2, 0.25) is 0 Å². The van der Waals surface area contributed by atoms with Gasteiger partial charge in [0.1, 0.15) is 0 Å². The predicted octanol–water partition coefficient (Wildman–Crippen LogP) is 5.38. The van der Waals surface area contributed by atoms with Crippen LogP contribution in [0.2, 0.25) is 18.1 Å². The number of allylic oxidation sites excluding steroid dienone is 1. The van der Waals surface area contributed by atoms with E-state index in [0.29, 0.717) is 25.4 Å². The largest absolute Gasteiger partial charge is 0.413 e. The van der Waals surface area contributed by atoms with E-state index < -0.39 is 14.1 Å². The van der Waals surface area contributed by atoms with Gasteiger partial charge >= 0.3 is 0 Å². The first-order valence-corrected chi connectivity index (χ1v) is 13.5. The Morgan fingerprint density at radius 2 is 1.78 bits per heavy atom.